The average molecular weight is 797 g/mol. The lowest BCUT2D eigenvalue weighted by Crippen LogP contribution is -2.23. The van der Waals surface area contributed by atoms with Gasteiger partial charge in [-0.3, -0.25) is 20.4 Å². The minimum atomic E-state index is -0.810. The van der Waals surface area contributed by atoms with Gasteiger partial charge < -0.3 is 30.6 Å². The Labute approximate surface area is 340 Å². The summed E-state index contributed by atoms with van der Waals surface area (Å²) in [6.45, 7) is 24.2. The van der Waals surface area contributed by atoms with Crippen molar-refractivity contribution in [3.63, 3.8) is 0 Å². The molecule has 2 bridgehead atoms. The van der Waals surface area contributed by atoms with Crippen molar-refractivity contribution >= 4 is 11.8 Å². The SMILES string of the molecule is CC(C)(C)c1cc(CCC(=O)Nn2c(O)c3c(c2O)C2C=CC3c3c2c(O)n(NC(=O)CCc2cc(C(C)(C)C)c(O)c(C(C)(C)C)c2)c3O)cc(C(C)(C)C)c1O. The van der Waals surface area contributed by atoms with Crippen LogP contribution in [0.4, 0.5) is 0 Å². The molecular formula is C46H60N4O8. The predicted molar refractivity (Wildman–Crippen MR) is 225 cm³/mol. The van der Waals surface area contributed by atoms with E-state index in [0.717, 1.165) is 42.7 Å². The second-order valence-electron chi connectivity index (χ2n) is 20.1. The van der Waals surface area contributed by atoms with Crippen LogP contribution in [0.1, 0.15) is 163 Å². The van der Waals surface area contributed by atoms with E-state index in [9.17, 15) is 40.2 Å². The molecule has 2 aromatic heterocycles. The zero-order valence-electron chi connectivity index (χ0n) is 35.8. The molecule has 12 nitrogen and oxygen atoms in total. The molecule has 0 aliphatic heterocycles. The van der Waals surface area contributed by atoms with Crippen molar-refractivity contribution in [2.24, 2.45) is 0 Å². The Morgan fingerprint density at radius 3 is 0.948 bits per heavy atom. The molecule has 2 heterocycles. The Balaban J connectivity index is 1.20. The molecule has 3 aliphatic rings. The number of benzene rings is 2. The van der Waals surface area contributed by atoms with E-state index >= 15 is 0 Å². The van der Waals surface area contributed by atoms with Crippen LogP contribution in [0.2, 0.25) is 0 Å². The van der Waals surface area contributed by atoms with Gasteiger partial charge in [0.25, 0.3) is 0 Å². The van der Waals surface area contributed by atoms with Gasteiger partial charge in [-0.25, -0.2) is 0 Å². The van der Waals surface area contributed by atoms with Crippen LogP contribution < -0.4 is 10.9 Å². The molecule has 0 fully saturated rings. The minimum Gasteiger partial charge on any atom is -0.507 e. The van der Waals surface area contributed by atoms with Crippen LogP contribution in [-0.2, 0) is 44.1 Å². The number of aromatic hydroxyl groups is 6. The van der Waals surface area contributed by atoms with Crippen LogP contribution in [0.5, 0.6) is 35.0 Å². The monoisotopic (exact) mass is 796 g/mol. The zero-order valence-corrected chi connectivity index (χ0v) is 35.8. The second-order valence-corrected chi connectivity index (χ2v) is 20.1. The summed E-state index contributed by atoms with van der Waals surface area (Å²) in [5.74, 6) is -3.77. The number of nitrogens with zero attached hydrogens (tertiary/aromatic N) is 2. The van der Waals surface area contributed by atoms with Gasteiger partial charge in [-0.1, -0.05) is 120 Å². The van der Waals surface area contributed by atoms with E-state index in [0.29, 0.717) is 12.8 Å². The summed E-state index contributed by atoms with van der Waals surface area (Å²) in [6.07, 6.45) is 4.17. The normalized spacial score (nSPS) is 16.3. The molecule has 0 unspecified atom stereocenters. The lowest BCUT2D eigenvalue weighted by Gasteiger charge is -2.30. The fourth-order valence-corrected chi connectivity index (χ4v) is 8.34. The van der Waals surface area contributed by atoms with E-state index < -0.39 is 47.2 Å². The number of phenolic OH excluding ortho intramolecular Hbond substituents is 2. The molecule has 12 heteroatoms. The number of amides is 2. The Morgan fingerprint density at radius 2 is 0.724 bits per heavy atom. The quantitative estimate of drug-likeness (QED) is 0.0818. The van der Waals surface area contributed by atoms with Crippen LogP contribution in [0.15, 0.2) is 36.4 Å². The van der Waals surface area contributed by atoms with Crippen molar-refractivity contribution < 1.29 is 40.2 Å². The lowest BCUT2D eigenvalue weighted by atomic mass is 9.70. The summed E-state index contributed by atoms with van der Waals surface area (Å²) in [5, 5.41) is 68.0. The molecule has 8 N–H and O–H groups in total. The smallest absolute Gasteiger partial charge is 0.239 e. The standard InChI is InChI=1S/C46H60N4O8/c1-43(2,3)27-19-23(20-28(37(27)53)44(4,5)6)13-17-31(51)47-49-39(55)33-25-15-16-26(34(33)40(49)56)36-35(25)41(57)50(42(36)58)48-32(52)18-14-24-21-29(45(7,8)9)38(54)30(22-24)46(10,11)12/h15-16,19-22,25-26,53-58H,13-14,17-18H2,1-12H3,(H,47,51)(H,48,52). The highest BCUT2D eigenvalue weighted by molar-refractivity contribution is 5.86. The first-order valence-corrected chi connectivity index (χ1v) is 20.0. The number of rotatable bonds is 8. The number of allylic oxidation sites excluding steroid dienone is 2. The summed E-state index contributed by atoms with van der Waals surface area (Å²) in [4.78, 5) is 26.7. The summed E-state index contributed by atoms with van der Waals surface area (Å²) >= 11 is 0. The van der Waals surface area contributed by atoms with Crippen LogP contribution in [0.3, 0.4) is 0 Å². The number of nitrogens with one attached hydrogen (secondary N) is 2. The molecule has 7 rings (SSSR count). The molecule has 3 aliphatic carbocycles. The average Bonchev–Trinajstić information content (AvgIpc) is 3.51. The molecule has 0 saturated heterocycles. The van der Waals surface area contributed by atoms with E-state index in [1.165, 1.54) is 0 Å². The van der Waals surface area contributed by atoms with Crippen LogP contribution in [-0.4, -0.2) is 51.8 Å². The predicted octanol–water partition coefficient (Wildman–Crippen LogP) is 8.27. The van der Waals surface area contributed by atoms with Gasteiger partial charge in [-0.15, -0.1) is 0 Å². The Hall–Kier alpha value is -5.52. The molecule has 0 radical (unpaired) electrons. The van der Waals surface area contributed by atoms with Gasteiger partial charge in [0.1, 0.15) is 11.5 Å². The molecule has 312 valence electrons. The van der Waals surface area contributed by atoms with Crippen molar-refractivity contribution in [2.75, 3.05) is 10.9 Å². The fourth-order valence-electron chi connectivity index (χ4n) is 8.34. The van der Waals surface area contributed by atoms with E-state index in [1.54, 1.807) is 12.2 Å². The van der Waals surface area contributed by atoms with Gasteiger partial charge >= 0.3 is 0 Å². The molecular weight excluding hydrogens is 737 g/mol. The van der Waals surface area contributed by atoms with Gasteiger partial charge in [0.05, 0.1) is 0 Å². The van der Waals surface area contributed by atoms with Gasteiger partial charge in [0.2, 0.25) is 35.3 Å². The first-order chi connectivity index (χ1) is 26.6. The van der Waals surface area contributed by atoms with Crippen molar-refractivity contribution in [3.05, 3.63) is 92.1 Å². The van der Waals surface area contributed by atoms with Crippen LogP contribution in [0.25, 0.3) is 0 Å². The maximum absolute atomic E-state index is 13.4. The van der Waals surface area contributed by atoms with Gasteiger partial charge in [0.15, 0.2) is 0 Å². The van der Waals surface area contributed by atoms with Crippen molar-refractivity contribution in [3.8, 4) is 35.0 Å². The number of carbonyl (C=O) groups excluding carboxylic acids is 2. The number of hydrogen-bond donors (Lipinski definition) is 8. The molecule has 58 heavy (non-hydrogen) atoms. The van der Waals surface area contributed by atoms with Gasteiger partial charge in [0, 0.05) is 46.9 Å². The van der Waals surface area contributed by atoms with E-state index in [-0.39, 0.29) is 68.3 Å². The van der Waals surface area contributed by atoms with Crippen molar-refractivity contribution in [1.82, 2.24) is 9.35 Å². The fraction of sp³-hybridized carbons (Fsp3) is 0.478. The van der Waals surface area contributed by atoms with Gasteiger partial charge in [-0.05, 0) is 67.9 Å². The topological polar surface area (TPSA) is 189 Å². The van der Waals surface area contributed by atoms with Crippen molar-refractivity contribution in [2.45, 2.75) is 142 Å². The number of phenols is 2. The Morgan fingerprint density at radius 1 is 0.483 bits per heavy atom. The molecule has 0 saturated carbocycles. The third-order valence-corrected chi connectivity index (χ3v) is 11.5. The van der Waals surface area contributed by atoms with Gasteiger partial charge in [-0.2, -0.15) is 9.35 Å². The third-order valence-electron chi connectivity index (χ3n) is 11.5. The number of aryl methyl sites for hydroxylation is 2. The van der Waals surface area contributed by atoms with E-state index in [1.807, 2.05) is 107 Å². The number of carbonyl (C=O) groups is 2. The summed E-state index contributed by atoms with van der Waals surface area (Å²) in [5.41, 5.74) is 9.77. The van der Waals surface area contributed by atoms with E-state index in [2.05, 4.69) is 10.9 Å². The molecule has 2 amide bonds. The number of hydrogen-bond acceptors (Lipinski definition) is 8. The maximum atomic E-state index is 13.4. The largest absolute Gasteiger partial charge is 0.507 e. The Kier molecular flexibility index (Phi) is 10.2. The molecule has 0 spiro atoms. The lowest BCUT2D eigenvalue weighted by molar-refractivity contribution is -0.118. The summed E-state index contributed by atoms with van der Waals surface area (Å²) in [7, 11) is 0. The molecule has 2 aromatic carbocycles. The van der Waals surface area contributed by atoms with E-state index in [4.69, 9.17) is 0 Å². The van der Waals surface area contributed by atoms with Crippen molar-refractivity contribution in [1.29, 1.82) is 0 Å². The first kappa shape index (κ1) is 42.1. The second kappa shape index (κ2) is 14.1. The summed E-state index contributed by atoms with van der Waals surface area (Å²) < 4.78 is 1.85. The highest BCUT2D eigenvalue weighted by atomic mass is 16.3. The third kappa shape index (κ3) is 7.37. The maximum Gasteiger partial charge on any atom is 0.239 e. The first-order valence-electron chi connectivity index (χ1n) is 20.0. The summed E-state index contributed by atoms with van der Waals surface area (Å²) in [6, 6.07) is 7.65. The highest BCUT2D eigenvalue weighted by Gasteiger charge is 2.47. The van der Waals surface area contributed by atoms with Crippen LogP contribution in [0, 0.1) is 0 Å². The zero-order chi connectivity index (χ0) is 43.2. The molecule has 0 atom stereocenters. The van der Waals surface area contributed by atoms with Crippen LogP contribution >= 0.6 is 0 Å². The highest BCUT2D eigenvalue weighted by Crippen LogP contribution is 2.60. The minimum absolute atomic E-state index is 0.0135. The molecule has 4 aromatic rings. The Bertz CT molecular complexity index is 2060. The number of aromatic nitrogens is 2.